The van der Waals surface area contributed by atoms with Gasteiger partial charge in [-0.15, -0.1) is 0 Å². The number of aliphatic carboxylic acids is 1. The van der Waals surface area contributed by atoms with Gasteiger partial charge < -0.3 is 14.5 Å². The van der Waals surface area contributed by atoms with E-state index in [-0.39, 0.29) is 12.3 Å². The molecule has 2 aromatic heterocycles. The molecule has 116 valence electrons. The Morgan fingerprint density at radius 1 is 1.55 bits per heavy atom. The fourth-order valence-corrected chi connectivity index (χ4v) is 3.64. The Hall–Kier alpha value is -2.15. The van der Waals surface area contributed by atoms with Gasteiger partial charge in [-0.25, -0.2) is 0 Å². The van der Waals surface area contributed by atoms with Crippen LogP contribution in [0.5, 0.6) is 0 Å². The van der Waals surface area contributed by atoms with E-state index in [1.807, 2.05) is 23.8 Å². The summed E-state index contributed by atoms with van der Waals surface area (Å²) in [4.78, 5) is 25.5. The van der Waals surface area contributed by atoms with Gasteiger partial charge in [0.1, 0.15) is 5.76 Å². The molecule has 1 aliphatic heterocycles. The van der Waals surface area contributed by atoms with E-state index >= 15 is 0 Å². The number of likely N-dealkylation sites (tertiary alicyclic amines) is 1. The summed E-state index contributed by atoms with van der Waals surface area (Å²) in [5, 5.41) is 17.1. The fraction of sp³-hybridized carbons (Fsp3) is 0.400. The van der Waals surface area contributed by atoms with Crippen LogP contribution in [0.2, 0.25) is 0 Å². The number of rotatable bonds is 4. The van der Waals surface area contributed by atoms with E-state index in [9.17, 15) is 14.7 Å². The van der Waals surface area contributed by atoms with Crippen molar-refractivity contribution in [3.63, 3.8) is 0 Å². The van der Waals surface area contributed by atoms with Crippen LogP contribution in [0.15, 0.2) is 21.3 Å². The quantitative estimate of drug-likeness (QED) is 0.936. The number of nitrogens with zero attached hydrogens (tertiary/aromatic N) is 2. The molecule has 0 unspecified atom stereocenters. The largest absolute Gasteiger partial charge is 0.481 e. The highest BCUT2D eigenvalue weighted by molar-refractivity contribution is 7.08. The molecule has 6 nitrogen and oxygen atoms in total. The zero-order chi connectivity index (χ0) is 15.9. The molecule has 22 heavy (non-hydrogen) atoms. The number of thiophene rings is 1. The molecule has 1 aliphatic rings. The molecule has 0 spiro atoms. The molecule has 1 fully saturated rings. The van der Waals surface area contributed by atoms with Crippen molar-refractivity contribution in [1.82, 2.24) is 10.1 Å². The maximum atomic E-state index is 12.4. The SMILES string of the molecule is Cc1noc(C)c1CN1C(=O)C[C@H](C(=O)O)[C@H]1c1ccsc1. The summed E-state index contributed by atoms with van der Waals surface area (Å²) in [6, 6.07) is 1.44. The van der Waals surface area contributed by atoms with E-state index < -0.39 is 17.9 Å². The van der Waals surface area contributed by atoms with Gasteiger partial charge in [0.15, 0.2) is 0 Å². The van der Waals surface area contributed by atoms with Gasteiger partial charge in [-0.1, -0.05) is 5.16 Å². The van der Waals surface area contributed by atoms with Crippen LogP contribution >= 0.6 is 11.3 Å². The molecule has 0 bridgehead atoms. The second-order valence-corrected chi connectivity index (χ2v) is 6.25. The van der Waals surface area contributed by atoms with Crippen LogP contribution in [0.4, 0.5) is 0 Å². The highest BCUT2D eigenvalue weighted by Gasteiger charge is 2.45. The molecule has 2 aromatic rings. The molecule has 1 amide bonds. The first-order chi connectivity index (χ1) is 10.5. The Balaban J connectivity index is 1.97. The lowest BCUT2D eigenvalue weighted by molar-refractivity contribution is -0.142. The second-order valence-electron chi connectivity index (χ2n) is 5.47. The third-order valence-electron chi connectivity index (χ3n) is 4.14. The van der Waals surface area contributed by atoms with Gasteiger partial charge in [-0.05, 0) is 36.2 Å². The van der Waals surface area contributed by atoms with Crippen molar-refractivity contribution in [2.75, 3.05) is 0 Å². The first kappa shape index (κ1) is 14.8. The number of carbonyl (C=O) groups excluding carboxylic acids is 1. The smallest absolute Gasteiger partial charge is 0.309 e. The third kappa shape index (κ3) is 2.41. The summed E-state index contributed by atoms with van der Waals surface area (Å²) >= 11 is 1.50. The number of amides is 1. The standard InChI is InChI=1S/C15H16N2O4S/c1-8-12(9(2)21-16-8)6-17-13(18)5-11(15(19)20)14(17)10-3-4-22-7-10/h3-4,7,11,14H,5-6H2,1-2H3,(H,19,20)/t11-,14+/m0/s1. The number of carboxylic acid groups (broad SMARTS) is 1. The average Bonchev–Trinajstić information content (AvgIpc) is 3.15. The van der Waals surface area contributed by atoms with Crippen LogP contribution in [0.1, 0.15) is 35.0 Å². The van der Waals surface area contributed by atoms with Crippen molar-refractivity contribution >= 4 is 23.2 Å². The van der Waals surface area contributed by atoms with Gasteiger partial charge in [0.25, 0.3) is 0 Å². The maximum Gasteiger partial charge on any atom is 0.309 e. The summed E-state index contributed by atoms with van der Waals surface area (Å²) in [7, 11) is 0. The van der Waals surface area contributed by atoms with E-state index in [0.717, 1.165) is 16.8 Å². The van der Waals surface area contributed by atoms with Crippen LogP contribution < -0.4 is 0 Å². The molecular weight excluding hydrogens is 304 g/mol. The number of aromatic nitrogens is 1. The van der Waals surface area contributed by atoms with Crippen molar-refractivity contribution in [1.29, 1.82) is 0 Å². The van der Waals surface area contributed by atoms with Crippen molar-refractivity contribution in [2.24, 2.45) is 5.92 Å². The van der Waals surface area contributed by atoms with Gasteiger partial charge in [0.05, 0.1) is 24.2 Å². The molecule has 0 radical (unpaired) electrons. The molecule has 0 saturated carbocycles. The Morgan fingerprint density at radius 3 is 2.86 bits per heavy atom. The van der Waals surface area contributed by atoms with Crippen LogP contribution in [0.3, 0.4) is 0 Å². The van der Waals surface area contributed by atoms with Gasteiger partial charge >= 0.3 is 5.97 Å². The van der Waals surface area contributed by atoms with Crippen molar-refractivity contribution < 1.29 is 19.2 Å². The Bertz CT molecular complexity index is 688. The molecule has 0 aliphatic carbocycles. The van der Waals surface area contributed by atoms with E-state index in [1.54, 1.807) is 11.8 Å². The fourth-order valence-electron chi connectivity index (χ4n) is 2.95. The number of hydrogen-bond donors (Lipinski definition) is 1. The highest BCUT2D eigenvalue weighted by atomic mass is 32.1. The zero-order valence-electron chi connectivity index (χ0n) is 12.3. The molecule has 0 aromatic carbocycles. The molecule has 1 N–H and O–H groups in total. The molecular formula is C15H16N2O4S. The Labute approximate surface area is 131 Å². The Kier molecular flexibility index (Phi) is 3.74. The minimum absolute atomic E-state index is 0.0270. The summed E-state index contributed by atoms with van der Waals surface area (Å²) in [5.74, 6) is -1.15. The van der Waals surface area contributed by atoms with Crippen molar-refractivity contribution in [3.05, 3.63) is 39.4 Å². The molecule has 3 heterocycles. The summed E-state index contributed by atoms with van der Waals surface area (Å²) in [5.41, 5.74) is 2.45. The predicted octanol–water partition coefficient (Wildman–Crippen LogP) is 2.53. The maximum absolute atomic E-state index is 12.4. The number of aryl methyl sites for hydroxylation is 2. The zero-order valence-corrected chi connectivity index (χ0v) is 13.1. The minimum Gasteiger partial charge on any atom is -0.481 e. The minimum atomic E-state index is -0.939. The normalized spacial score (nSPS) is 21.5. The summed E-state index contributed by atoms with van der Waals surface area (Å²) in [6.07, 6.45) is 0.0270. The lowest BCUT2D eigenvalue weighted by Gasteiger charge is -2.26. The summed E-state index contributed by atoms with van der Waals surface area (Å²) in [6.45, 7) is 3.94. The van der Waals surface area contributed by atoms with Crippen LogP contribution in [-0.2, 0) is 16.1 Å². The van der Waals surface area contributed by atoms with Crippen LogP contribution in [0, 0.1) is 19.8 Å². The van der Waals surface area contributed by atoms with E-state index in [4.69, 9.17) is 4.52 Å². The third-order valence-corrected chi connectivity index (χ3v) is 4.84. The van der Waals surface area contributed by atoms with E-state index in [1.165, 1.54) is 11.3 Å². The average molecular weight is 320 g/mol. The van der Waals surface area contributed by atoms with E-state index in [2.05, 4.69) is 5.16 Å². The number of hydrogen-bond acceptors (Lipinski definition) is 5. The van der Waals surface area contributed by atoms with Gasteiger partial charge in [0.2, 0.25) is 5.91 Å². The first-order valence-electron chi connectivity index (χ1n) is 6.95. The number of carbonyl (C=O) groups is 2. The topological polar surface area (TPSA) is 83.6 Å². The van der Waals surface area contributed by atoms with Gasteiger partial charge in [-0.3, -0.25) is 9.59 Å². The predicted molar refractivity (Wildman–Crippen MR) is 79.3 cm³/mol. The van der Waals surface area contributed by atoms with Crippen molar-refractivity contribution in [3.8, 4) is 0 Å². The highest BCUT2D eigenvalue weighted by Crippen LogP contribution is 2.40. The molecule has 1 saturated heterocycles. The first-order valence-corrected chi connectivity index (χ1v) is 7.89. The number of carboxylic acids is 1. The second kappa shape index (κ2) is 5.57. The summed E-state index contributed by atoms with van der Waals surface area (Å²) < 4.78 is 5.14. The van der Waals surface area contributed by atoms with Gasteiger partial charge in [0, 0.05) is 12.0 Å². The van der Waals surface area contributed by atoms with Crippen LogP contribution in [0.25, 0.3) is 0 Å². The van der Waals surface area contributed by atoms with Crippen molar-refractivity contribution in [2.45, 2.75) is 32.9 Å². The molecule has 7 heteroatoms. The monoisotopic (exact) mass is 320 g/mol. The molecule has 3 rings (SSSR count). The molecule has 2 atom stereocenters. The lowest BCUT2D eigenvalue weighted by Crippen LogP contribution is -2.30. The van der Waals surface area contributed by atoms with Gasteiger partial charge in [-0.2, -0.15) is 11.3 Å². The van der Waals surface area contributed by atoms with E-state index in [0.29, 0.717) is 12.3 Å². The van der Waals surface area contributed by atoms with Crippen LogP contribution in [-0.4, -0.2) is 27.0 Å². The lowest BCUT2D eigenvalue weighted by atomic mass is 9.95. The Morgan fingerprint density at radius 2 is 2.32 bits per heavy atom.